The average Bonchev–Trinajstić information content (AvgIpc) is 3.33. The Morgan fingerprint density at radius 2 is 0.544 bits per heavy atom. The summed E-state index contributed by atoms with van der Waals surface area (Å²) in [6, 6.07) is 50.1. The van der Waals surface area contributed by atoms with Crippen LogP contribution in [0.3, 0.4) is 0 Å². The summed E-state index contributed by atoms with van der Waals surface area (Å²) in [5, 5.41) is 15.9. The number of alkyl halides is 19. The first-order valence-corrected chi connectivity index (χ1v) is 24.5. The maximum Gasteiger partial charge on any atom is 1.00 e. The van der Waals surface area contributed by atoms with Gasteiger partial charge in [-0.1, -0.05) is 146 Å². The fourth-order valence-electron chi connectivity index (χ4n) is 5.55. The monoisotopic (exact) mass is 1210 g/mol. The van der Waals surface area contributed by atoms with E-state index >= 15 is 0 Å². The second-order valence-electron chi connectivity index (χ2n) is 14.8. The van der Waals surface area contributed by atoms with E-state index in [-0.39, 0.29) is 55.6 Å². The van der Waals surface area contributed by atoms with Gasteiger partial charge in [0.15, 0.2) is 0 Å². The Labute approximate surface area is 471 Å². The summed E-state index contributed by atoms with van der Waals surface area (Å²) in [4.78, 5) is -4.52. The summed E-state index contributed by atoms with van der Waals surface area (Å²) < 4.78 is 248. The third-order valence-electron chi connectivity index (χ3n) is 8.81. The van der Waals surface area contributed by atoms with Crippen molar-refractivity contribution < 1.29 is 136 Å². The SMILES string of the molecule is CCl.COCCCN(C(F)(F)F)C(F)(F)F.COCCCN(C(F)(F)F)C(F)(F)F.CS(=O)(=O)[O-].OCCCN(C(F)(F)F)C(F)(F)F.[Na+].c1ccc2ccccc2c1.c1ccc2ccccc2c1.c1ccc2ccccc2c1. The van der Waals surface area contributed by atoms with Gasteiger partial charge in [0.25, 0.3) is 0 Å². The Hall–Kier alpha value is -4.20. The zero-order valence-electron chi connectivity index (χ0n) is 42.6. The first-order chi connectivity index (χ1) is 36.0. The molecule has 0 spiro atoms. The molecule has 0 amide bonds. The van der Waals surface area contributed by atoms with E-state index in [1.807, 2.05) is 0 Å². The van der Waals surface area contributed by atoms with E-state index < -0.39 is 95.3 Å². The zero-order valence-corrected chi connectivity index (χ0v) is 46.2. The summed E-state index contributed by atoms with van der Waals surface area (Å²) in [7, 11) is -1.52. The Morgan fingerprint density at radius 3 is 0.658 bits per heavy atom. The fourth-order valence-corrected chi connectivity index (χ4v) is 5.55. The smallest absolute Gasteiger partial charge is 0.748 e. The van der Waals surface area contributed by atoms with Crippen molar-refractivity contribution in [2.45, 2.75) is 57.1 Å². The minimum Gasteiger partial charge on any atom is -0.748 e. The number of aliphatic hydroxyl groups excluding tert-OH is 1. The predicted octanol–water partition coefficient (Wildman–Crippen LogP) is 12.0. The van der Waals surface area contributed by atoms with Gasteiger partial charge in [-0.2, -0.15) is 79.0 Å². The summed E-state index contributed by atoms with van der Waals surface area (Å²) in [5.41, 5.74) is 0. The minimum atomic E-state index is -5.45. The number of ether oxygens (including phenoxy) is 2. The van der Waals surface area contributed by atoms with Crippen molar-refractivity contribution in [3.8, 4) is 0 Å². The molecule has 0 bridgehead atoms. The topological polar surface area (TPSA) is 106 Å². The maximum atomic E-state index is 11.8. The van der Waals surface area contributed by atoms with E-state index in [9.17, 15) is 79.0 Å². The number of hydrogen-bond acceptors (Lipinski definition) is 9. The quantitative estimate of drug-likeness (QED) is 0.0339. The van der Waals surface area contributed by atoms with Gasteiger partial charge in [0, 0.05) is 66.3 Å². The number of benzene rings is 6. The number of fused-ring (bicyclic) bond motifs is 3. The molecule has 6 aromatic rings. The van der Waals surface area contributed by atoms with Gasteiger partial charge in [-0.05, 0) is 51.6 Å². The number of aliphatic hydroxyl groups is 1. The molecule has 0 saturated heterocycles. The van der Waals surface area contributed by atoms with E-state index in [0.29, 0.717) is 6.26 Å². The molecule has 79 heavy (non-hydrogen) atoms. The molecule has 6 aromatic carbocycles. The largest absolute Gasteiger partial charge is 1.00 e. The molecule has 0 aliphatic carbocycles. The van der Waals surface area contributed by atoms with Crippen molar-refractivity contribution >= 4 is 54.0 Å². The first-order valence-electron chi connectivity index (χ1n) is 21.9. The van der Waals surface area contributed by atoms with Gasteiger partial charge >= 0.3 is 67.4 Å². The van der Waals surface area contributed by atoms with E-state index in [2.05, 4.69) is 167 Å². The molecule has 30 heteroatoms. The molecule has 0 heterocycles. The van der Waals surface area contributed by atoms with Crippen LogP contribution < -0.4 is 29.6 Å². The number of rotatable bonds is 11. The van der Waals surface area contributed by atoms with Crippen molar-refractivity contribution in [1.82, 2.24) is 14.7 Å². The van der Waals surface area contributed by atoms with Gasteiger partial charge in [-0.3, -0.25) is 0 Å². The number of methoxy groups -OCH3 is 2. The van der Waals surface area contributed by atoms with Crippen LogP contribution in [-0.2, 0) is 19.6 Å². The fraction of sp³-hybridized carbons (Fsp3) is 0.388. The molecule has 0 saturated carbocycles. The summed E-state index contributed by atoms with van der Waals surface area (Å²) in [5.74, 6) is 0. The van der Waals surface area contributed by atoms with E-state index in [1.54, 1.807) is 0 Å². The van der Waals surface area contributed by atoms with E-state index in [1.165, 1.54) is 52.9 Å². The molecule has 0 aliphatic heterocycles. The third kappa shape index (κ3) is 38.2. The van der Waals surface area contributed by atoms with Crippen LogP contribution in [0.25, 0.3) is 32.3 Å². The molecule has 0 fully saturated rings. The molecule has 9 nitrogen and oxygen atoms in total. The van der Waals surface area contributed by atoms with Crippen LogP contribution in [0.2, 0.25) is 0 Å². The van der Waals surface area contributed by atoms with Crippen LogP contribution in [0, 0.1) is 0 Å². The molecule has 1 N–H and O–H groups in total. The normalized spacial score (nSPS) is 11.7. The van der Waals surface area contributed by atoms with Crippen LogP contribution in [0.5, 0.6) is 0 Å². The third-order valence-corrected chi connectivity index (χ3v) is 8.81. The van der Waals surface area contributed by atoms with Gasteiger partial charge in [-0.15, -0.1) is 26.3 Å². The molecular formula is C49H55ClF18N3NaO6S. The number of nitrogens with zero attached hydrogens (tertiary/aromatic N) is 3. The molecular weight excluding hydrogens is 1160 g/mol. The molecule has 0 aromatic heterocycles. The summed E-state index contributed by atoms with van der Waals surface area (Å²) in [6.45, 7) is -4.61. The van der Waals surface area contributed by atoms with Crippen LogP contribution in [-0.4, -0.2) is 137 Å². The molecule has 0 unspecified atom stereocenters. The zero-order chi connectivity index (χ0) is 60.4. The second-order valence-corrected chi connectivity index (χ2v) is 16.2. The van der Waals surface area contributed by atoms with Gasteiger partial charge in [-0.25, -0.2) is 8.42 Å². The van der Waals surface area contributed by atoms with E-state index in [4.69, 9.17) is 18.1 Å². The predicted molar refractivity (Wildman–Crippen MR) is 260 cm³/mol. The Morgan fingerprint density at radius 1 is 0.405 bits per heavy atom. The van der Waals surface area contributed by atoms with Gasteiger partial charge < -0.3 is 19.1 Å². The Balaban J connectivity index is -0.000000857. The molecule has 442 valence electrons. The van der Waals surface area contributed by atoms with Crippen molar-refractivity contribution in [2.75, 3.05) is 66.3 Å². The molecule has 6 rings (SSSR count). The minimum absolute atomic E-state index is 0. The summed E-state index contributed by atoms with van der Waals surface area (Å²) >= 11 is 4.64. The van der Waals surface area contributed by atoms with E-state index in [0.717, 1.165) is 0 Å². The van der Waals surface area contributed by atoms with Crippen molar-refractivity contribution in [3.05, 3.63) is 146 Å². The molecule has 0 radical (unpaired) electrons. The second kappa shape index (κ2) is 39.3. The summed E-state index contributed by atoms with van der Waals surface area (Å²) in [6.07, 6.45) is -31.7. The Bertz CT molecular complexity index is 2160. The maximum absolute atomic E-state index is 11.8. The van der Waals surface area contributed by atoms with Crippen LogP contribution in [0.1, 0.15) is 19.3 Å². The van der Waals surface area contributed by atoms with Crippen molar-refractivity contribution in [1.29, 1.82) is 0 Å². The first kappa shape index (κ1) is 79.0. The standard InChI is InChI=1S/3C10H8.2C6H9F6NO.C5H7F6NO.CH3Cl.CH4O3S.Na/c3*1-2-6-10-8-4-3-7-9(10)5-1;2*1-14-4-2-3-13(5(7,8)9)6(10,11)12;6-4(7,8)12(2-1-3-13)5(9,10)11;1-2;1-5(2,3)4;/h3*1-8H;2*2-4H2,1H3;13H,1-3H2;1H3;1H3,(H,2,3,4);/q;;;;;;;;+1/p-1. The molecule has 0 aliphatic rings. The van der Waals surface area contributed by atoms with Gasteiger partial charge in [0.2, 0.25) is 0 Å². The Kier molecular flexibility index (Phi) is 39.3. The molecule has 0 atom stereocenters. The van der Waals surface area contributed by atoms with Gasteiger partial charge in [0.1, 0.15) is 0 Å². The van der Waals surface area contributed by atoms with Crippen molar-refractivity contribution in [3.63, 3.8) is 0 Å². The van der Waals surface area contributed by atoms with Gasteiger partial charge in [0.05, 0.1) is 10.1 Å². The van der Waals surface area contributed by atoms with Crippen molar-refractivity contribution in [2.24, 2.45) is 0 Å². The van der Waals surface area contributed by atoms with Crippen LogP contribution in [0.15, 0.2) is 146 Å². The van der Waals surface area contributed by atoms with Crippen LogP contribution >= 0.6 is 11.6 Å². The number of halogens is 19. The number of hydrogen-bond donors (Lipinski definition) is 1. The average molecular weight is 1210 g/mol. The van der Waals surface area contributed by atoms with Crippen LogP contribution in [0.4, 0.5) is 79.0 Å².